The minimum Gasteiger partial charge on any atom is -0.381 e. The fourth-order valence-electron chi connectivity index (χ4n) is 1.65. The summed E-state index contributed by atoms with van der Waals surface area (Å²) in [5.41, 5.74) is 1.56. The highest BCUT2D eigenvalue weighted by atomic mass is 35.5. The van der Waals surface area contributed by atoms with Crippen molar-refractivity contribution >= 4 is 34.5 Å². The summed E-state index contributed by atoms with van der Waals surface area (Å²) in [6, 6.07) is 0. The van der Waals surface area contributed by atoms with Crippen molar-refractivity contribution in [2.75, 3.05) is 0 Å². The van der Waals surface area contributed by atoms with Gasteiger partial charge in [0.25, 0.3) is 0 Å². The van der Waals surface area contributed by atoms with E-state index >= 15 is 0 Å². The zero-order valence-corrected chi connectivity index (χ0v) is 11.8. The number of hydrogen-bond donors (Lipinski definition) is 1. The second-order valence-electron chi connectivity index (χ2n) is 3.69. The summed E-state index contributed by atoms with van der Waals surface area (Å²) in [5, 5.41) is 17.4. The van der Waals surface area contributed by atoms with Gasteiger partial charge in [0, 0.05) is 6.54 Å². The summed E-state index contributed by atoms with van der Waals surface area (Å²) >= 11 is 13.6. The van der Waals surface area contributed by atoms with Gasteiger partial charge >= 0.3 is 0 Å². The van der Waals surface area contributed by atoms with E-state index in [0.717, 1.165) is 5.56 Å². The number of thiophene rings is 1. The second kappa shape index (κ2) is 4.98. The molecule has 0 aliphatic rings. The molecule has 17 heavy (non-hydrogen) atoms. The molecule has 0 radical (unpaired) electrons. The Hall–Kier alpha value is -0.550. The zero-order valence-electron chi connectivity index (χ0n) is 9.44. The molecular formula is C11H12Cl2N2OS. The van der Waals surface area contributed by atoms with Gasteiger partial charge in [0.15, 0.2) is 0 Å². The van der Waals surface area contributed by atoms with Crippen molar-refractivity contribution in [3.63, 3.8) is 0 Å². The number of aromatic nitrogens is 2. The normalized spacial score (nSPS) is 13.0. The van der Waals surface area contributed by atoms with Gasteiger partial charge in [0.05, 0.1) is 26.8 Å². The van der Waals surface area contributed by atoms with Crippen molar-refractivity contribution in [1.29, 1.82) is 0 Å². The Bertz CT molecular complexity index is 536. The fraction of sp³-hybridized carbons (Fsp3) is 0.364. The van der Waals surface area contributed by atoms with E-state index in [1.54, 1.807) is 4.68 Å². The minimum atomic E-state index is -0.823. The van der Waals surface area contributed by atoms with E-state index in [-0.39, 0.29) is 0 Å². The molecule has 0 aliphatic heterocycles. The first-order valence-electron chi connectivity index (χ1n) is 5.19. The van der Waals surface area contributed by atoms with E-state index in [9.17, 15) is 5.11 Å². The lowest BCUT2D eigenvalue weighted by molar-refractivity contribution is 0.212. The predicted molar refractivity (Wildman–Crippen MR) is 71.0 cm³/mol. The maximum atomic E-state index is 10.3. The number of aliphatic hydroxyl groups is 1. The highest BCUT2D eigenvalue weighted by Crippen LogP contribution is 2.37. The number of aryl methyl sites for hydroxylation is 2. The largest absolute Gasteiger partial charge is 0.381 e. The second-order valence-corrected chi connectivity index (χ2v) is 5.39. The number of nitrogens with zero attached hydrogens (tertiary/aromatic N) is 2. The molecule has 0 bridgehead atoms. The van der Waals surface area contributed by atoms with Crippen LogP contribution >= 0.6 is 34.5 Å². The standard InChI is InChI=1S/C11H12Cl2N2OS/c1-3-15-9(7(12)4-14-15)10(16)11-8(13)6(2)5-17-11/h4-5,10,16H,3H2,1-2H3. The first kappa shape index (κ1) is 12.9. The van der Waals surface area contributed by atoms with Crippen molar-refractivity contribution in [2.45, 2.75) is 26.5 Å². The number of aliphatic hydroxyl groups excluding tert-OH is 1. The average molecular weight is 291 g/mol. The Morgan fingerprint density at radius 2 is 2.24 bits per heavy atom. The van der Waals surface area contributed by atoms with Crippen LogP contribution in [-0.4, -0.2) is 14.9 Å². The highest BCUT2D eigenvalue weighted by Gasteiger charge is 2.23. The monoisotopic (exact) mass is 290 g/mol. The maximum Gasteiger partial charge on any atom is 0.133 e. The summed E-state index contributed by atoms with van der Waals surface area (Å²) < 4.78 is 1.68. The third kappa shape index (κ3) is 2.22. The van der Waals surface area contributed by atoms with E-state index < -0.39 is 6.10 Å². The van der Waals surface area contributed by atoms with Crippen LogP contribution in [-0.2, 0) is 6.54 Å². The van der Waals surface area contributed by atoms with Crippen LogP contribution in [0, 0.1) is 6.92 Å². The molecule has 1 N–H and O–H groups in total. The van der Waals surface area contributed by atoms with Gasteiger partial charge in [-0.25, -0.2) is 0 Å². The molecule has 0 fully saturated rings. The average Bonchev–Trinajstić information content (AvgIpc) is 2.83. The van der Waals surface area contributed by atoms with Crippen LogP contribution in [0.5, 0.6) is 0 Å². The molecule has 2 aromatic rings. The highest BCUT2D eigenvalue weighted by molar-refractivity contribution is 7.10. The predicted octanol–water partition coefficient (Wildman–Crippen LogP) is 3.66. The molecule has 1 unspecified atom stereocenters. The number of hydrogen-bond acceptors (Lipinski definition) is 3. The number of halogens is 2. The van der Waals surface area contributed by atoms with Gasteiger partial charge in [0.1, 0.15) is 6.10 Å². The van der Waals surface area contributed by atoms with Crippen molar-refractivity contribution < 1.29 is 5.11 Å². The minimum absolute atomic E-state index is 0.460. The molecule has 0 aliphatic carbocycles. The van der Waals surface area contributed by atoms with Gasteiger partial charge in [-0.3, -0.25) is 4.68 Å². The Labute approximate surface area is 114 Å². The van der Waals surface area contributed by atoms with Crippen molar-refractivity contribution in [2.24, 2.45) is 0 Å². The maximum absolute atomic E-state index is 10.3. The molecule has 3 nitrogen and oxygen atoms in total. The molecule has 0 saturated carbocycles. The summed E-state index contributed by atoms with van der Waals surface area (Å²) in [6.45, 7) is 4.51. The van der Waals surface area contributed by atoms with Crippen molar-refractivity contribution in [1.82, 2.24) is 9.78 Å². The van der Waals surface area contributed by atoms with E-state index in [1.807, 2.05) is 19.2 Å². The SMILES string of the molecule is CCn1ncc(Cl)c1C(O)c1scc(C)c1Cl. The van der Waals surface area contributed by atoms with Crippen LogP contribution in [0.1, 0.15) is 29.2 Å². The molecule has 2 rings (SSSR count). The lowest BCUT2D eigenvalue weighted by Gasteiger charge is -2.12. The molecule has 0 aromatic carbocycles. The van der Waals surface area contributed by atoms with Crippen LogP contribution < -0.4 is 0 Å². The van der Waals surface area contributed by atoms with Crippen LogP contribution in [0.4, 0.5) is 0 Å². The molecule has 92 valence electrons. The zero-order chi connectivity index (χ0) is 12.6. The third-order valence-electron chi connectivity index (χ3n) is 2.57. The number of rotatable bonds is 3. The van der Waals surface area contributed by atoms with E-state index in [2.05, 4.69) is 5.10 Å². The van der Waals surface area contributed by atoms with Crippen molar-refractivity contribution in [3.8, 4) is 0 Å². The Kier molecular flexibility index (Phi) is 3.78. The summed E-state index contributed by atoms with van der Waals surface area (Å²) in [7, 11) is 0. The summed E-state index contributed by atoms with van der Waals surface area (Å²) in [5.74, 6) is 0. The molecule has 2 heterocycles. The van der Waals surface area contributed by atoms with E-state index in [0.29, 0.717) is 27.2 Å². The lowest BCUT2D eigenvalue weighted by atomic mass is 10.2. The van der Waals surface area contributed by atoms with Crippen LogP contribution in [0.2, 0.25) is 10.0 Å². The van der Waals surface area contributed by atoms with Gasteiger partial charge in [-0.05, 0) is 24.8 Å². The van der Waals surface area contributed by atoms with Crippen LogP contribution in [0.15, 0.2) is 11.6 Å². The lowest BCUT2D eigenvalue weighted by Crippen LogP contribution is -2.08. The molecule has 6 heteroatoms. The smallest absolute Gasteiger partial charge is 0.133 e. The molecule has 1 atom stereocenters. The Balaban J connectivity index is 2.46. The van der Waals surface area contributed by atoms with E-state index in [1.165, 1.54) is 17.5 Å². The van der Waals surface area contributed by atoms with Gasteiger partial charge in [-0.15, -0.1) is 11.3 Å². The first-order chi connectivity index (χ1) is 8.06. The Morgan fingerprint density at radius 3 is 2.76 bits per heavy atom. The first-order valence-corrected chi connectivity index (χ1v) is 6.82. The van der Waals surface area contributed by atoms with Gasteiger partial charge < -0.3 is 5.11 Å². The molecule has 0 spiro atoms. The van der Waals surface area contributed by atoms with Gasteiger partial charge in [-0.1, -0.05) is 23.2 Å². The fourth-order valence-corrected chi connectivity index (χ4v) is 3.18. The van der Waals surface area contributed by atoms with E-state index in [4.69, 9.17) is 23.2 Å². The van der Waals surface area contributed by atoms with Crippen molar-refractivity contribution in [3.05, 3.63) is 37.8 Å². The molecule has 2 aromatic heterocycles. The molecular weight excluding hydrogens is 279 g/mol. The molecule has 0 saturated heterocycles. The third-order valence-corrected chi connectivity index (χ3v) is 4.62. The van der Waals surface area contributed by atoms with Crippen LogP contribution in [0.25, 0.3) is 0 Å². The summed E-state index contributed by atoms with van der Waals surface area (Å²) in [6.07, 6.45) is 0.717. The summed E-state index contributed by atoms with van der Waals surface area (Å²) in [4.78, 5) is 0.710. The topological polar surface area (TPSA) is 38.0 Å². The Morgan fingerprint density at radius 1 is 1.53 bits per heavy atom. The molecule has 0 amide bonds. The van der Waals surface area contributed by atoms with Gasteiger partial charge in [0.2, 0.25) is 0 Å². The van der Waals surface area contributed by atoms with Crippen LogP contribution in [0.3, 0.4) is 0 Å². The quantitative estimate of drug-likeness (QED) is 0.937. The van der Waals surface area contributed by atoms with Gasteiger partial charge in [-0.2, -0.15) is 5.10 Å².